The zero-order valence-corrected chi connectivity index (χ0v) is 7.91. The molecule has 3 heteroatoms. The standard InChI is InChI=1S/C6H15FN2.C2H6/c1-2-8-5-6-9-4-3-7;1-2/h8-9H,2-6H2,1H3;1-2H3. The van der Waals surface area contributed by atoms with Gasteiger partial charge in [-0.1, -0.05) is 20.8 Å². The van der Waals surface area contributed by atoms with E-state index in [9.17, 15) is 4.39 Å². The lowest BCUT2D eigenvalue weighted by Gasteiger charge is -2.00. The minimum atomic E-state index is -0.272. The van der Waals surface area contributed by atoms with Crippen LogP contribution in [0.15, 0.2) is 0 Å². The van der Waals surface area contributed by atoms with E-state index in [4.69, 9.17) is 0 Å². The van der Waals surface area contributed by atoms with E-state index in [0.717, 1.165) is 19.6 Å². The van der Waals surface area contributed by atoms with Crippen LogP contribution in [-0.2, 0) is 0 Å². The fourth-order valence-corrected chi connectivity index (χ4v) is 0.545. The molecule has 0 aromatic heterocycles. The Kier molecular flexibility index (Phi) is 20.1. The summed E-state index contributed by atoms with van der Waals surface area (Å²) in [7, 11) is 0. The summed E-state index contributed by atoms with van der Waals surface area (Å²) in [6.07, 6.45) is 0. The van der Waals surface area contributed by atoms with E-state index in [1.807, 2.05) is 13.8 Å². The number of alkyl halides is 1. The van der Waals surface area contributed by atoms with Crippen molar-refractivity contribution in [2.24, 2.45) is 0 Å². The zero-order chi connectivity index (χ0) is 8.95. The second kappa shape index (κ2) is 16.4. The first-order chi connectivity index (χ1) is 5.41. The van der Waals surface area contributed by atoms with Gasteiger partial charge in [0.05, 0.1) is 0 Å². The van der Waals surface area contributed by atoms with Crippen molar-refractivity contribution < 1.29 is 4.39 Å². The van der Waals surface area contributed by atoms with Crippen molar-refractivity contribution in [3.63, 3.8) is 0 Å². The van der Waals surface area contributed by atoms with Crippen LogP contribution in [0, 0.1) is 0 Å². The van der Waals surface area contributed by atoms with Crippen molar-refractivity contribution in [3.05, 3.63) is 0 Å². The maximum atomic E-state index is 11.4. The molecule has 0 amide bonds. The molecule has 0 radical (unpaired) electrons. The number of hydrogen-bond acceptors (Lipinski definition) is 2. The maximum Gasteiger partial charge on any atom is 0.102 e. The summed E-state index contributed by atoms with van der Waals surface area (Å²) in [4.78, 5) is 0. The molecule has 70 valence electrons. The number of hydrogen-bond donors (Lipinski definition) is 2. The second-order valence-corrected chi connectivity index (χ2v) is 1.79. The highest BCUT2D eigenvalue weighted by Gasteiger charge is 1.83. The highest BCUT2D eigenvalue weighted by Crippen LogP contribution is 1.62. The van der Waals surface area contributed by atoms with E-state index in [0.29, 0.717) is 6.54 Å². The predicted molar refractivity (Wildman–Crippen MR) is 48.7 cm³/mol. The molecular weight excluding hydrogens is 143 g/mol. The second-order valence-electron chi connectivity index (χ2n) is 1.79. The average molecular weight is 164 g/mol. The van der Waals surface area contributed by atoms with E-state index in [1.165, 1.54) is 0 Å². The number of halogens is 1. The van der Waals surface area contributed by atoms with Crippen molar-refractivity contribution in [3.8, 4) is 0 Å². The monoisotopic (exact) mass is 164 g/mol. The Morgan fingerprint density at radius 2 is 1.55 bits per heavy atom. The molecule has 0 aliphatic heterocycles. The Morgan fingerprint density at radius 3 is 2.00 bits per heavy atom. The van der Waals surface area contributed by atoms with Gasteiger partial charge in [-0.25, -0.2) is 4.39 Å². The smallest absolute Gasteiger partial charge is 0.102 e. The minimum Gasteiger partial charge on any atom is -0.316 e. The van der Waals surface area contributed by atoms with Crippen LogP contribution in [0.3, 0.4) is 0 Å². The van der Waals surface area contributed by atoms with E-state index in [2.05, 4.69) is 17.6 Å². The largest absolute Gasteiger partial charge is 0.316 e. The van der Waals surface area contributed by atoms with Crippen molar-refractivity contribution in [1.29, 1.82) is 0 Å². The lowest BCUT2D eigenvalue weighted by molar-refractivity contribution is 0.465. The normalized spacial score (nSPS) is 8.73. The Morgan fingerprint density at radius 1 is 1.00 bits per heavy atom. The molecule has 0 rings (SSSR count). The van der Waals surface area contributed by atoms with Crippen molar-refractivity contribution in [2.75, 3.05) is 32.9 Å². The van der Waals surface area contributed by atoms with E-state index in [1.54, 1.807) is 0 Å². The number of likely N-dealkylation sites (N-methyl/N-ethyl adjacent to an activating group) is 1. The van der Waals surface area contributed by atoms with Crippen LogP contribution < -0.4 is 10.6 Å². The molecule has 0 spiro atoms. The molecule has 0 unspecified atom stereocenters. The molecule has 2 N–H and O–H groups in total. The van der Waals surface area contributed by atoms with Gasteiger partial charge in [-0.15, -0.1) is 0 Å². The summed E-state index contributed by atoms with van der Waals surface area (Å²) in [6, 6.07) is 0. The topological polar surface area (TPSA) is 24.1 Å². The molecule has 0 aliphatic rings. The quantitative estimate of drug-likeness (QED) is 0.576. The summed E-state index contributed by atoms with van der Waals surface area (Å²) in [5, 5.41) is 6.05. The summed E-state index contributed by atoms with van der Waals surface area (Å²) in [5.41, 5.74) is 0. The molecule has 0 heterocycles. The zero-order valence-electron chi connectivity index (χ0n) is 7.91. The average Bonchev–Trinajstić information content (AvgIpc) is 2.08. The molecule has 0 fully saturated rings. The third-order valence-corrected chi connectivity index (χ3v) is 1.000. The molecule has 0 saturated heterocycles. The first-order valence-corrected chi connectivity index (χ1v) is 4.39. The fraction of sp³-hybridized carbons (Fsp3) is 1.00. The van der Waals surface area contributed by atoms with E-state index < -0.39 is 0 Å². The van der Waals surface area contributed by atoms with Crippen molar-refractivity contribution >= 4 is 0 Å². The van der Waals surface area contributed by atoms with Gasteiger partial charge in [-0.05, 0) is 6.54 Å². The first-order valence-electron chi connectivity index (χ1n) is 4.39. The van der Waals surface area contributed by atoms with Gasteiger partial charge < -0.3 is 10.6 Å². The van der Waals surface area contributed by atoms with Gasteiger partial charge in [0.25, 0.3) is 0 Å². The number of rotatable bonds is 6. The Bertz CT molecular complexity index is 45.4. The minimum absolute atomic E-state index is 0.272. The van der Waals surface area contributed by atoms with Gasteiger partial charge in [-0.3, -0.25) is 0 Å². The molecular formula is C8H21FN2. The SMILES string of the molecule is CC.CCNCCNCCF. The highest BCUT2D eigenvalue weighted by molar-refractivity contribution is 4.48. The molecule has 11 heavy (non-hydrogen) atoms. The van der Waals surface area contributed by atoms with Gasteiger partial charge in [0.1, 0.15) is 6.67 Å². The highest BCUT2D eigenvalue weighted by atomic mass is 19.1. The van der Waals surface area contributed by atoms with Crippen LogP contribution >= 0.6 is 0 Å². The maximum absolute atomic E-state index is 11.4. The molecule has 0 bridgehead atoms. The van der Waals surface area contributed by atoms with Crippen LogP contribution in [0.4, 0.5) is 4.39 Å². The molecule has 0 aromatic rings. The molecule has 2 nitrogen and oxygen atoms in total. The van der Waals surface area contributed by atoms with Gasteiger partial charge >= 0.3 is 0 Å². The summed E-state index contributed by atoms with van der Waals surface area (Å²) < 4.78 is 11.4. The van der Waals surface area contributed by atoms with E-state index in [-0.39, 0.29) is 6.67 Å². The third-order valence-electron chi connectivity index (χ3n) is 1.000. The summed E-state index contributed by atoms with van der Waals surface area (Å²) >= 11 is 0. The predicted octanol–water partition coefficient (Wildman–Crippen LogP) is 1.18. The molecule has 0 saturated carbocycles. The summed E-state index contributed by atoms with van der Waals surface area (Å²) in [5.74, 6) is 0. The van der Waals surface area contributed by atoms with Gasteiger partial charge in [0.2, 0.25) is 0 Å². The Labute approximate surface area is 69.6 Å². The van der Waals surface area contributed by atoms with Crippen LogP contribution in [-0.4, -0.2) is 32.9 Å². The lowest BCUT2D eigenvalue weighted by atomic mass is 10.5. The van der Waals surface area contributed by atoms with E-state index >= 15 is 0 Å². The fourth-order valence-electron chi connectivity index (χ4n) is 0.545. The first kappa shape index (κ1) is 13.4. The van der Waals surface area contributed by atoms with Gasteiger partial charge in [0, 0.05) is 19.6 Å². The Balaban J connectivity index is 0. The van der Waals surface area contributed by atoms with Crippen LogP contribution in [0.25, 0.3) is 0 Å². The van der Waals surface area contributed by atoms with Gasteiger partial charge in [-0.2, -0.15) is 0 Å². The molecule has 0 aromatic carbocycles. The van der Waals surface area contributed by atoms with Gasteiger partial charge in [0.15, 0.2) is 0 Å². The Hall–Kier alpha value is -0.150. The van der Waals surface area contributed by atoms with Crippen LogP contribution in [0.5, 0.6) is 0 Å². The molecule has 0 aliphatic carbocycles. The molecule has 0 atom stereocenters. The van der Waals surface area contributed by atoms with Crippen molar-refractivity contribution in [1.82, 2.24) is 10.6 Å². The lowest BCUT2D eigenvalue weighted by Crippen LogP contribution is -2.28. The third kappa shape index (κ3) is 17.7. The van der Waals surface area contributed by atoms with Crippen molar-refractivity contribution in [2.45, 2.75) is 20.8 Å². The summed E-state index contributed by atoms with van der Waals surface area (Å²) in [6.45, 7) is 9.03. The van der Waals surface area contributed by atoms with Crippen LogP contribution in [0.1, 0.15) is 20.8 Å². The van der Waals surface area contributed by atoms with Crippen LogP contribution in [0.2, 0.25) is 0 Å². The number of nitrogens with one attached hydrogen (secondary N) is 2.